The Kier molecular flexibility index (Phi) is 5.19. The van der Waals surface area contributed by atoms with Gasteiger partial charge >= 0.3 is 0 Å². The van der Waals surface area contributed by atoms with E-state index in [1.165, 1.54) is 5.52 Å². The fourth-order valence-corrected chi connectivity index (χ4v) is 3.28. The monoisotopic (exact) mass is 357 g/mol. The van der Waals surface area contributed by atoms with Crippen LogP contribution in [0.25, 0.3) is 11.0 Å². The Labute approximate surface area is 151 Å². The number of para-hydroxylation sites is 2. The summed E-state index contributed by atoms with van der Waals surface area (Å²) in [7, 11) is 1.67. The first kappa shape index (κ1) is 17.1. The molecule has 9 heteroatoms. The highest BCUT2D eigenvalue weighted by Crippen LogP contribution is 2.20. The molecule has 1 fully saturated rings. The highest BCUT2D eigenvalue weighted by Gasteiger charge is 2.26. The standard InChI is InChI=1S/C17H23N7O2/c1-25-10-9-24-17(19-20-21-24)16-12-22(8-11-26-16)6-7-23-13-18-14-4-2-3-5-15(14)23/h2-5,13,16H,6-12H2,1H3/t16-/m0/s1. The molecule has 1 aromatic carbocycles. The molecule has 0 N–H and O–H groups in total. The molecular formula is C17H23N7O2. The average molecular weight is 357 g/mol. The largest absolute Gasteiger partial charge is 0.383 e. The highest BCUT2D eigenvalue weighted by atomic mass is 16.5. The summed E-state index contributed by atoms with van der Waals surface area (Å²) >= 11 is 0. The number of hydrogen-bond donors (Lipinski definition) is 0. The van der Waals surface area contributed by atoms with Gasteiger partial charge in [-0.15, -0.1) is 5.10 Å². The van der Waals surface area contributed by atoms with E-state index >= 15 is 0 Å². The summed E-state index contributed by atoms with van der Waals surface area (Å²) in [4.78, 5) is 6.84. The topological polar surface area (TPSA) is 83.1 Å². The minimum absolute atomic E-state index is 0.116. The van der Waals surface area contributed by atoms with Crippen LogP contribution in [-0.2, 0) is 22.6 Å². The van der Waals surface area contributed by atoms with Crippen LogP contribution in [-0.4, -0.2) is 74.6 Å². The maximum atomic E-state index is 5.92. The summed E-state index contributed by atoms with van der Waals surface area (Å²) in [5.41, 5.74) is 2.20. The Bertz CT molecular complexity index is 846. The smallest absolute Gasteiger partial charge is 0.181 e. The lowest BCUT2D eigenvalue weighted by Crippen LogP contribution is -2.40. The fourth-order valence-electron chi connectivity index (χ4n) is 3.28. The third kappa shape index (κ3) is 3.59. The fraction of sp³-hybridized carbons (Fsp3) is 0.529. The molecule has 1 aliphatic heterocycles. The molecule has 9 nitrogen and oxygen atoms in total. The van der Waals surface area contributed by atoms with Crippen molar-refractivity contribution in [2.24, 2.45) is 0 Å². The number of rotatable bonds is 7. The molecule has 4 rings (SSSR count). The molecular weight excluding hydrogens is 334 g/mol. The molecule has 0 amide bonds. The van der Waals surface area contributed by atoms with E-state index < -0.39 is 0 Å². The normalized spacial score (nSPS) is 18.6. The van der Waals surface area contributed by atoms with Crippen LogP contribution in [0.1, 0.15) is 11.9 Å². The van der Waals surface area contributed by atoms with Gasteiger partial charge in [-0.2, -0.15) is 0 Å². The van der Waals surface area contributed by atoms with E-state index in [0.29, 0.717) is 19.8 Å². The predicted octanol–water partition coefficient (Wildman–Crippen LogP) is 0.743. The summed E-state index contributed by atoms with van der Waals surface area (Å²) in [5, 5.41) is 12.0. The molecule has 3 heterocycles. The van der Waals surface area contributed by atoms with Crippen molar-refractivity contribution < 1.29 is 9.47 Å². The van der Waals surface area contributed by atoms with E-state index in [0.717, 1.165) is 37.5 Å². The van der Waals surface area contributed by atoms with Gasteiger partial charge < -0.3 is 14.0 Å². The second-order valence-electron chi connectivity index (χ2n) is 6.34. The van der Waals surface area contributed by atoms with Gasteiger partial charge in [0, 0.05) is 33.3 Å². The number of fused-ring (bicyclic) bond motifs is 1. The number of imidazole rings is 1. The van der Waals surface area contributed by atoms with Crippen molar-refractivity contribution >= 4 is 11.0 Å². The molecule has 0 radical (unpaired) electrons. The van der Waals surface area contributed by atoms with E-state index in [4.69, 9.17) is 9.47 Å². The molecule has 1 atom stereocenters. The van der Waals surface area contributed by atoms with Crippen molar-refractivity contribution in [1.82, 2.24) is 34.7 Å². The molecule has 0 aliphatic carbocycles. The minimum Gasteiger partial charge on any atom is -0.383 e. The van der Waals surface area contributed by atoms with Crippen LogP contribution >= 0.6 is 0 Å². The van der Waals surface area contributed by atoms with Crippen LogP contribution in [0.4, 0.5) is 0 Å². The second kappa shape index (κ2) is 7.90. The van der Waals surface area contributed by atoms with Crippen LogP contribution < -0.4 is 0 Å². The number of aromatic nitrogens is 6. The molecule has 1 saturated heterocycles. The SMILES string of the molecule is COCCn1nnnc1[C@@H]1CN(CCn2cnc3ccccc32)CCO1. The van der Waals surface area contributed by atoms with Gasteiger partial charge in [0.25, 0.3) is 0 Å². The Hall–Kier alpha value is -2.36. The number of tetrazole rings is 1. The van der Waals surface area contributed by atoms with E-state index in [2.05, 4.69) is 36.0 Å². The third-order valence-electron chi connectivity index (χ3n) is 4.69. The zero-order valence-corrected chi connectivity index (χ0v) is 14.9. The van der Waals surface area contributed by atoms with Crippen LogP contribution in [0, 0.1) is 0 Å². The van der Waals surface area contributed by atoms with Gasteiger partial charge in [0.15, 0.2) is 5.82 Å². The number of methoxy groups -OCH3 is 1. The maximum Gasteiger partial charge on any atom is 0.181 e. The number of ether oxygens (including phenoxy) is 2. The molecule has 0 saturated carbocycles. The highest BCUT2D eigenvalue weighted by molar-refractivity contribution is 5.74. The van der Waals surface area contributed by atoms with Gasteiger partial charge in [0.05, 0.1) is 37.1 Å². The Balaban J connectivity index is 1.39. The molecule has 138 valence electrons. The van der Waals surface area contributed by atoms with Gasteiger partial charge in [0.2, 0.25) is 0 Å². The lowest BCUT2D eigenvalue weighted by molar-refractivity contribution is -0.0375. The van der Waals surface area contributed by atoms with Crippen LogP contribution in [0.2, 0.25) is 0 Å². The summed E-state index contributed by atoms with van der Waals surface area (Å²) in [6.07, 6.45) is 1.79. The number of nitrogens with zero attached hydrogens (tertiary/aromatic N) is 7. The second-order valence-corrected chi connectivity index (χ2v) is 6.34. The van der Waals surface area contributed by atoms with E-state index in [1.54, 1.807) is 11.8 Å². The lowest BCUT2D eigenvalue weighted by Gasteiger charge is -2.32. The van der Waals surface area contributed by atoms with Crippen molar-refractivity contribution in [3.63, 3.8) is 0 Å². The Morgan fingerprint density at radius 3 is 3.08 bits per heavy atom. The van der Waals surface area contributed by atoms with Crippen molar-refractivity contribution in [1.29, 1.82) is 0 Å². The van der Waals surface area contributed by atoms with Crippen molar-refractivity contribution in [2.45, 2.75) is 19.2 Å². The number of hydrogen-bond acceptors (Lipinski definition) is 7. The van der Waals surface area contributed by atoms with Gasteiger partial charge in [-0.05, 0) is 22.6 Å². The predicted molar refractivity (Wildman–Crippen MR) is 94.6 cm³/mol. The number of benzene rings is 1. The van der Waals surface area contributed by atoms with Crippen LogP contribution in [0.5, 0.6) is 0 Å². The minimum atomic E-state index is -0.116. The van der Waals surface area contributed by atoms with Crippen LogP contribution in [0.3, 0.4) is 0 Å². The van der Waals surface area contributed by atoms with Gasteiger partial charge in [-0.3, -0.25) is 4.90 Å². The first-order valence-corrected chi connectivity index (χ1v) is 8.84. The zero-order chi connectivity index (χ0) is 17.8. The first-order chi connectivity index (χ1) is 12.8. The Morgan fingerprint density at radius 2 is 2.15 bits per heavy atom. The molecule has 0 bridgehead atoms. The average Bonchev–Trinajstić information content (AvgIpc) is 3.32. The zero-order valence-electron chi connectivity index (χ0n) is 14.9. The summed E-state index contributed by atoms with van der Waals surface area (Å²) in [6.45, 7) is 5.37. The van der Waals surface area contributed by atoms with Gasteiger partial charge in [0.1, 0.15) is 6.10 Å². The van der Waals surface area contributed by atoms with Crippen molar-refractivity contribution in [3.05, 3.63) is 36.4 Å². The molecule has 26 heavy (non-hydrogen) atoms. The third-order valence-corrected chi connectivity index (χ3v) is 4.69. The Morgan fingerprint density at radius 1 is 1.23 bits per heavy atom. The quantitative estimate of drug-likeness (QED) is 0.617. The summed E-state index contributed by atoms with van der Waals surface area (Å²) < 4.78 is 15.0. The summed E-state index contributed by atoms with van der Waals surface area (Å²) in [6, 6.07) is 8.20. The molecule has 2 aromatic heterocycles. The molecule has 1 aliphatic rings. The molecule has 3 aromatic rings. The maximum absolute atomic E-state index is 5.92. The van der Waals surface area contributed by atoms with Gasteiger partial charge in [-0.25, -0.2) is 9.67 Å². The first-order valence-electron chi connectivity index (χ1n) is 8.84. The number of morpholine rings is 1. The molecule has 0 spiro atoms. The van der Waals surface area contributed by atoms with E-state index in [-0.39, 0.29) is 6.10 Å². The van der Waals surface area contributed by atoms with Crippen LogP contribution in [0.15, 0.2) is 30.6 Å². The van der Waals surface area contributed by atoms with E-state index in [1.807, 2.05) is 24.5 Å². The van der Waals surface area contributed by atoms with Crippen molar-refractivity contribution in [3.8, 4) is 0 Å². The van der Waals surface area contributed by atoms with Crippen molar-refractivity contribution in [2.75, 3.05) is 40.0 Å². The summed E-state index contributed by atoms with van der Waals surface area (Å²) in [5.74, 6) is 0.764. The molecule has 0 unspecified atom stereocenters. The van der Waals surface area contributed by atoms with Gasteiger partial charge in [-0.1, -0.05) is 12.1 Å². The lowest BCUT2D eigenvalue weighted by atomic mass is 10.2. The van der Waals surface area contributed by atoms with E-state index in [9.17, 15) is 0 Å².